The third-order valence-corrected chi connectivity index (χ3v) is 3.49. The third-order valence-electron chi connectivity index (χ3n) is 3.24. The highest BCUT2D eigenvalue weighted by molar-refractivity contribution is 6.30. The van der Waals surface area contributed by atoms with Crippen molar-refractivity contribution in [3.63, 3.8) is 0 Å². The molecule has 1 heterocycles. The number of hydrogen-bond acceptors (Lipinski definition) is 4. The molecule has 0 aliphatic heterocycles. The van der Waals surface area contributed by atoms with E-state index in [1.807, 2.05) is 48.5 Å². The van der Waals surface area contributed by atoms with Gasteiger partial charge in [-0.2, -0.15) is 0 Å². The molecule has 4 nitrogen and oxygen atoms in total. The molecule has 3 aromatic rings. The molecular weight excluding hydrogens is 298 g/mol. The lowest BCUT2D eigenvalue weighted by molar-refractivity contribution is 0.315. The van der Waals surface area contributed by atoms with Gasteiger partial charge in [-0.1, -0.05) is 23.7 Å². The van der Waals surface area contributed by atoms with Crippen LogP contribution in [0.4, 0.5) is 5.82 Å². The zero-order valence-electron chi connectivity index (χ0n) is 12.0. The van der Waals surface area contributed by atoms with E-state index in [4.69, 9.17) is 16.3 Å². The summed E-state index contributed by atoms with van der Waals surface area (Å²) >= 11 is 5.83. The van der Waals surface area contributed by atoms with Crippen LogP contribution < -0.4 is 10.1 Å². The minimum Gasteiger partial charge on any atom is -0.494 e. The SMILES string of the molecule is Clc1ccc(OCCCNc2ncnc3ccccc23)cc1. The molecule has 0 saturated heterocycles. The van der Waals surface area contributed by atoms with Gasteiger partial charge in [-0.25, -0.2) is 9.97 Å². The van der Waals surface area contributed by atoms with Gasteiger partial charge in [0.15, 0.2) is 0 Å². The lowest BCUT2D eigenvalue weighted by Gasteiger charge is -2.09. The van der Waals surface area contributed by atoms with Crippen LogP contribution in [0.15, 0.2) is 54.9 Å². The maximum Gasteiger partial charge on any atom is 0.137 e. The van der Waals surface area contributed by atoms with Gasteiger partial charge in [0.1, 0.15) is 17.9 Å². The van der Waals surface area contributed by atoms with Gasteiger partial charge in [-0.15, -0.1) is 0 Å². The highest BCUT2D eigenvalue weighted by Gasteiger charge is 2.01. The summed E-state index contributed by atoms with van der Waals surface area (Å²) in [6.07, 6.45) is 2.45. The topological polar surface area (TPSA) is 47.0 Å². The molecule has 0 aliphatic rings. The second kappa shape index (κ2) is 7.09. The van der Waals surface area contributed by atoms with Crippen molar-refractivity contribution in [2.75, 3.05) is 18.5 Å². The predicted octanol–water partition coefficient (Wildman–Crippen LogP) is 4.16. The van der Waals surface area contributed by atoms with Crippen molar-refractivity contribution in [3.8, 4) is 5.75 Å². The summed E-state index contributed by atoms with van der Waals surface area (Å²) in [4.78, 5) is 8.54. The second-order valence-corrected chi connectivity index (χ2v) is 5.26. The lowest BCUT2D eigenvalue weighted by Crippen LogP contribution is -2.08. The van der Waals surface area contributed by atoms with Gasteiger partial charge < -0.3 is 10.1 Å². The van der Waals surface area contributed by atoms with E-state index in [1.54, 1.807) is 6.33 Å². The number of ether oxygens (including phenoxy) is 1. The summed E-state index contributed by atoms with van der Waals surface area (Å²) in [5.41, 5.74) is 0.942. The molecule has 0 spiro atoms. The molecule has 0 unspecified atom stereocenters. The number of halogens is 1. The predicted molar refractivity (Wildman–Crippen MR) is 89.6 cm³/mol. The first-order valence-corrected chi connectivity index (χ1v) is 7.53. The van der Waals surface area contributed by atoms with E-state index in [2.05, 4.69) is 15.3 Å². The van der Waals surface area contributed by atoms with E-state index in [0.29, 0.717) is 11.6 Å². The van der Waals surface area contributed by atoms with E-state index in [9.17, 15) is 0 Å². The van der Waals surface area contributed by atoms with Gasteiger partial charge in [0.2, 0.25) is 0 Å². The van der Waals surface area contributed by atoms with Crippen molar-refractivity contribution in [1.82, 2.24) is 9.97 Å². The van der Waals surface area contributed by atoms with Crippen LogP contribution in [-0.4, -0.2) is 23.1 Å². The quantitative estimate of drug-likeness (QED) is 0.694. The molecule has 0 fully saturated rings. The highest BCUT2D eigenvalue weighted by Crippen LogP contribution is 2.18. The summed E-state index contributed by atoms with van der Waals surface area (Å²) in [7, 11) is 0. The number of aromatic nitrogens is 2. The molecule has 0 radical (unpaired) electrons. The Hall–Kier alpha value is -2.33. The average molecular weight is 314 g/mol. The van der Waals surface area contributed by atoms with E-state index < -0.39 is 0 Å². The summed E-state index contributed by atoms with van der Waals surface area (Å²) in [5.74, 6) is 1.69. The molecule has 1 N–H and O–H groups in total. The van der Waals surface area contributed by atoms with Crippen LogP contribution in [0.3, 0.4) is 0 Å². The van der Waals surface area contributed by atoms with Crippen LogP contribution in [0.5, 0.6) is 5.75 Å². The fourth-order valence-corrected chi connectivity index (χ4v) is 2.27. The Balaban J connectivity index is 1.49. The molecule has 2 aromatic carbocycles. The third kappa shape index (κ3) is 3.65. The van der Waals surface area contributed by atoms with Gasteiger partial charge in [0, 0.05) is 17.0 Å². The highest BCUT2D eigenvalue weighted by atomic mass is 35.5. The van der Waals surface area contributed by atoms with Gasteiger partial charge in [-0.05, 0) is 42.8 Å². The number of hydrogen-bond donors (Lipinski definition) is 1. The van der Waals surface area contributed by atoms with Crippen LogP contribution >= 0.6 is 11.6 Å². The number of anilines is 1. The normalized spacial score (nSPS) is 10.6. The standard InChI is InChI=1S/C17H16ClN3O/c18-13-6-8-14(9-7-13)22-11-3-10-19-17-15-4-1-2-5-16(15)20-12-21-17/h1-2,4-9,12H,3,10-11H2,(H,19,20,21). The van der Waals surface area contributed by atoms with E-state index >= 15 is 0 Å². The van der Waals surface area contributed by atoms with E-state index in [0.717, 1.165) is 35.4 Å². The number of benzene rings is 2. The lowest BCUT2D eigenvalue weighted by atomic mass is 10.2. The average Bonchev–Trinajstić information content (AvgIpc) is 2.56. The molecule has 0 atom stereocenters. The minimum atomic E-state index is 0.637. The zero-order chi connectivity index (χ0) is 15.2. The number of fused-ring (bicyclic) bond motifs is 1. The van der Waals surface area contributed by atoms with Crippen LogP contribution in [0.25, 0.3) is 10.9 Å². The number of nitrogens with zero attached hydrogens (tertiary/aromatic N) is 2. The van der Waals surface area contributed by atoms with Crippen molar-refractivity contribution in [2.45, 2.75) is 6.42 Å². The maximum atomic E-state index is 5.83. The van der Waals surface area contributed by atoms with Gasteiger partial charge in [0.25, 0.3) is 0 Å². The molecule has 1 aromatic heterocycles. The summed E-state index contributed by atoms with van der Waals surface area (Å²) < 4.78 is 5.66. The summed E-state index contributed by atoms with van der Waals surface area (Å²) in [5, 5.41) is 5.07. The Morgan fingerprint density at radius 2 is 1.82 bits per heavy atom. The molecule has 3 rings (SSSR count). The smallest absolute Gasteiger partial charge is 0.137 e. The number of rotatable bonds is 6. The van der Waals surface area contributed by atoms with Crippen molar-refractivity contribution >= 4 is 28.3 Å². The second-order valence-electron chi connectivity index (χ2n) is 4.82. The maximum absolute atomic E-state index is 5.83. The fraction of sp³-hybridized carbons (Fsp3) is 0.176. The number of para-hydroxylation sites is 1. The zero-order valence-corrected chi connectivity index (χ0v) is 12.8. The van der Waals surface area contributed by atoms with E-state index in [1.165, 1.54) is 0 Å². The van der Waals surface area contributed by atoms with Crippen molar-refractivity contribution in [2.24, 2.45) is 0 Å². The van der Waals surface area contributed by atoms with Crippen LogP contribution in [-0.2, 0) is 0 Å². The first-order valence-electron chi connectivity index (χ1n) is 7.15. The Bertz CT molecular complexity index is 741. The van der Waals surface area contributed by atoms with Gasteiger partial charge in [0.05, 0.1) is 12.1 Å². The van der Waals surface area contributed by atoms with E-state index in [-0.39, 0.29) is 0 Å². The molecule has 0 bridgehead atoms. The van der Waals surface area contributed by atoms with Gasteiger partial charge in [-0.3, -0.25) is 0 Å². The van der Waals surface area contributed by atoms with Gasteiger partial charge >= 0.3 is 0 Å². The Kier molecular flexibility index (Phi) is 4.71. The number of nitrogens with one attached hydrogen (secondary N) is 1. The molecular formula is C17H16ClN3O. The van der Waals surface area contributed by atoms with Crippen LogP contribution in [0.2, 0.25) is 5.02 Å². The molecule has 112 valence electrons. The molecule has 5 heteroatoms. The van der Waals surface area contributed by atoms with Crippen LogP contribution in [0.1, 0.15) is 6.42 Å². The summed E-state index contributed by atoms with van der Waals surface area (Å²) in [6.45, 7) is 1.42. The van der Waals surface area contributed by atoms with Crippen molar-refractivity contribution < 1.29 is 4.74 Å². The largest absolute Gasteiger partial charge is 0.494 e. The monoisotopic (exact) mass is 313 g/mol. The fourth-order valence-electron chi connectivity index (χ4n) is 2.15. The molecule has 22 heavy (non-hydrogen) atoms. The first kappa shape index (κ1) is 14.6. The minimum absolute atomic E-state index is 0.637. The first-order chi connectivity index (χ1) is 10.8. The Morgan fingerprint density at radius 1 is 1.00 bits per heavy atom. The molecule has 0 saturated carbocycles. The van der Waals surface area contributed by atoms with Crippen LogP contribution in [0, 0.1) is 0 Å². The van der Waals surface area contributed by atoms with Crippen molar-refractivity contribution in [3.05, 3.63) is 59.9 Å². The molecule has 0 aliphatic carbocycles. The summed E-state index contributed by atoms with van der Waals surface area (Å²) in [6, 6.07) is 15.3. The Morgan fingerprint density at radius 3 is 2.68 bits per heavy atom. The Labute approximate surface area is 134 Å². The molecule has 0 amide bonds. The van der Waals surface area contributed by atoms with Crippen molar-refractivity contribution in [1.29, 1.82) is 0 Å².